The first kappa shape index (κ1) is 12.7. The molecule has 0 bridgehead atoms. The quantitative estimate of drug-likeness (QED) is 0.782. The van der Waals surface area contributed by atoms with Crippen LogP contribution in [0.15, 0.2) is 18.2 Å². The number of carbonyl (C=O) groups is 1. The van der Waals surface area contributed by atoms with Crippen molar-refractivity contribution in [3.63, 3.8) is 0 Å². The summed E-state index contributed by atoms with van der Waals surface area (Å²) in [5, 5.41) is 0. The minimum Gasteiger partial charge on any atom is -0.308 e. The fourth-order valence-electron chi connectivity index (χ4n) is 3.28. The van der Waals surface area contributed by atoms with Crippen molar-refractivity contribution < 1.29 is 13.2 Å². The standard InChI is InChI=1S/C14H17NO3S/c1-9-3-4-12(10(2)5-9)15-13-8-19(17,18)7-11(13)6-14(15)16/h3-5,11,13H,6-8H2,1-2H3. The molecule has 5 heteroatoms. The van der Waals surface area contributed by atoms with Crippen LogP contribution in [0.5, 0.6) is 0 Å². The molecular weight excluding hydrogens is 262 g/mol. The lowest BCUT2D eigenvalue weighted by Crippen LogP contribution is -2.36. The first-order chi connectivity index (χ1) is 8.87. The molecular formula is C14H17NO3S. The molecule has 0 aliphatic carbocycles. The van der Waals surface area contributed by atoms with E-state index < -0.39 is 9.84 Å². The van der Waals surface area contributed by atoms with Crippen LogP contribution in [0.4, 0.5) is 5.69 Å². The maximum absolute atomic E-state index is 12.2. The summed E-state index contributed by atoms with van der Waals surface area (Å²) in [5.74, 6) is 0.289. The third-order valence-electron chi connectivity index (χ3n) is 4.09. The van der Waals surface area contributed by atoms with Gasteiger partial charge in [0.2, 0.25) is 5.91 Å². The van der Waals surface area contributed by atoms with E-state index in [4.69, 9.17) is 0 Å². The molecule has 2 atom stereocenters. The predicted octanol–water partition coefficient (Wildman–Crippen LogP) is 1.45. The van der Waals surface area contributed by atoms with Crippen molar-refractivity contribution in [1.29, 1.82) is 0 Å². The first-order valence-corrected chi connectivity index (χ1v) is 8.29. The molecule has 102 valence electrons. The fraction of sp³-hybridized carbons (Fsp3) is 0.500. The molecule has 0 saturated carbocycles. The van der Waals surface area contributed by atoms with E-state index in [0.717, 1.165) is 16.8 Å². The normalized spacial score (nSPS) is 28.7. The van der Waals surface area contributed by atoms with Gasteiger partial charge >= 0.3 is 0 Å². The number of benzene rings is 1. The van der Waals surface area contributed by atoms with Crippen LogP contribution in [0.25, 0.3) is 0 Å². The third-order valence-corrected chi connectivity index (χ3v) is 5.87. The van der Waals surface area contributed by atoms with Crippen LogP contribution in [0.1, 0.15) is 17.5 Å². The highest BCUT2D eigenvalue weighted by Crippen LogP contribution is 2.38. The van der Waals surface area contributed by atoms with Crippen molar-refractivity contribution in [2.45, 2.75) is 26.3 Å². The van der Waals surface area contributed by atoms with Crippen LogP contribution in [-0.4, -0.2) is 31.9 Å². The molecule has 19 heavy (non-hydrogen) atoms. The maximum atomic E-state index is 12.2. The van der Waals surface area contributed by atoms with Crippen molar-refractivity contribution in [2.75, 3.05) is 16.4 Å². The first-order valence-electron chi connectivity index (χ1n) is 6.47. The Hall–Kier alpha value is -1.36. The molecule has 2 saturated heterocycles. The number of rotatable bonds is 1. The summed E-state index contributed by atoms with van der Waals surface area (Å²) < 4.78 is 23.5. The molecule has 2 heterocycles. The van der Waals surface area contributed by atoms with Gasteiger partial charge in [0.1, 0.15) is 0 Å². The molecule has 2 aliphatic rings. The van der Waals surface area contributed by atoms with E-state index in [1.54, 1.807) is 4.90 Å². The molecule has 0 radical (unpaired) electrons. The van der Waals surface area contributed by atoms with Gasteiger partial charge < -0.3 is 4.90 Å². The van der Waals surface area contributed by atoms with Crippen molar-refractivity contribution in [3.8, 4) is 0 Å². The van der Waals surface area contributed by atoms with E-state index in [-0.39, 0.29) is 29.4 Å². The number of hydrogen-bond acceptors (Lipinski definition) is 3. The summed E-state index contributed by atoms with van der Waals surface area (Å²) in [7, 11) is -2.98. The zero-order valence-electron chi connectivity index (χ0n) is 11.1. The van der Waals surface area contributed by atoms with Crippen LogP contribution in [0.3, 0.4) is 0 Å². The van der Waals surface area contributed by atoms with Crippen LogP contribution < -0.4 is 4.90 Å². The Morgan fingerprint density at radius 2 is 1.95 bits per heavy atom. The summed E-state index contributed by atoms with van der Waals surface area (Å²) in [6, 6.07) is 5.75. The van der Waals surface area contributed by atoms with E-state index in [9.17, 15) is 13.2 Å². The van der Waals surface area contributed by atoms with E-state index in [1.807, 2.05) is 32.0 Å². The lowest BCUT2D eigenvalue weighted by Gasteiger charge is -2.25. The molecule has 3 rings (SSSR count). The van der Waals surface area contributed by atoms with Gasteiger partial charge in [-0.1, -0.05) is 17.7 Å². The van der Waals surface area contributed by atoms with Gasteiger partial charge in [-0.25, -0.2) is 8.42 Å². The maximum Gasteiger partial charge on any atom is 0.227 e. The van der Waals surface area contributed by atoms with Crippen LogP contribution in [0.2, 0.25) is 0 Å². The number of sulfone groups is 1. The number of anilines is 1. The van der Waals surface area contributed by atoms with Gasteiger partial charge in [0.25, 0.3) is 0 Å². The topological polar surface area (TPSA) is 54.5 Å². The van der Waals surface area contributed by atoms with Crippen molar-refractivity contribution in [2.24, 2.45) is 5.92 Å². The zero-order valence-corrected chi connectivity index (χ0v) is 11.9. The van der Waals surface area contributed by atoms with Gasteiger partial charge in [0, 0.05) is 18.0 Å². The number of hydrogen-bond donors (Lipinski definition) is 0. The molecule has 1 amide bonds. The molecule has 2 fully saturated rings. The zero-order chi connectivity index (χ0) is 13.8. The largest absolute Gasteiger partial charge is 0.308 e. The molecule has 0 aromatic heterocycles. The Morgan fingerprint density at radius 1 is 1.21 bits per heavy atom. The van der Waals surface area contributed by atoms with Crippen molar-refractivity contribution >= 4 is 21.4 Å². The Balaban J connectivity index is 2.02. The molecule has 1 aromatic carbocycles. The van der Waals surface area contributed by atoms with Gasteiger partial charge in [0.15, 0.2) is 9.84 Å². The van der Waals surface area contributed by atoms with E-state index in [2.05, 4.69) is 0 Å². The SMILES string of the molecule is Cc1ccc(N2C(=O)CC3CS(=O)(=O)CC32)c(C)c1. The lowest BCUT2D eigenvalue weighted by molar-refractivity contribution is -0.117. The van der Waals surface area contributed by atoms with Gasteiger partial charge in [0.05, 0.1) is 17.5 Å². The monoisotopic (exact) mass is 279 g/mol. The summed E-state index contributed by atoms with van der Waals surface area (Å²) in [5.41, 5.74) is 3.03. The number of aryl methyl sites for hydroxylation is 2. The Kier molecular flexibility index (Phi) is 2.71. The highest BCUT2D eigenvalue weighted by molar-refractivity contribution is 7.91. The van der Waals surface area contributed by atoms with E-state index in [1.165, 1.54) is 0 Å². The number of nitrogens with zero attached hydrogens (tertiary/aromatic N) is 1. The van der Waals surface area contributed by atoms with Gasteiger partial charge in [-0.15, -0.1) is 0 Å². The van der Waals surface area contributed by atoms with Crippen molar-refractivity contribution in [3.05, 3.63) is 29.3 Å². The average molecular weight is 279 g/mol. The summed E-state index contributed by atoms with van der Waals surface area (Å²) in [6.45, 7) is 3.97. The van der Waals surface area contributed by atoms with Gasteiger partial charge in [-0.05, 0) is 25.5 Å². The predicted molar refractivity (Wildman–Crippen MR) is 74.0 cm³/mol. The highest BCUT2D eigenvalue weighted by atomic mass is 32.2. The summed E-state index contributed by atoms with van der Waals surface area (Å²) >= 11 is 0. The summed E-state index contributed by atoms with van der Waals surface area (Å²) in [4.78, 5) is 13.9. The summed E-state index contributed by atoms with van der Waals surface area (Å²) in [6.07, 6.45) is 0.358. The van der Waals surface area contributed by atoms with E-state index >= 15 is 0 Å². The molecule has 0 spiro atoms. The minimum absolute atomic E-state index is 0.0294. The molecule has 2 aliphatic heterocycles. The Morgan fingerprint density at radius 3 is 2.63 bits per heavy atom. The number of amides is 1. The minimum atomic E-state index is -2.98. The van der Waals surface area contributed by atoms with Gasteiger partial charge in [-0.3, -0.25) is 4.79 Å². The smallest absolute Gasteiger partial charge is 0.227 e. The lowest BCUT2D eigenvalue weighted by atomic mass is 10.0. The van der Waals surface area contributed by atoms with Crippen molar-refractivity contribution in [1.82, 2.24) is 0 Å². The molecule has 1 aromatic rings. The number of carbonyl (C=O) groups excluding carboxylic acids is 1. The van der Waals surface area contributed by atoms with E-state index in [0.29, 0.717) is 6.42 Å². The third kappa shape index (κ3) is 2.06. The molecule has 0 N–H and O–H groups in total. The van der Waals surface area contributed by atoms with Gasteiger partial charge in [-0.2, -0.15) is 0 Å². The second-order valence-corrected chi connectivity index (χ2v) is 7.82. The van der Waals surface area contributed by atoms with Crippen LogP contribution >= 0.6 is 0 Å². The second kappa shape index (κ2) is 4.07. The molecule has 4 nitrogen and oxygen atoms in total. The van der Waals surface area contributed by atoms with Crippen LogP contribution in [-0.2, 0) is 14.6 Å². The fourth-order valence-corrected chi connectivity index (χ4v) is 5.35. The second-order valence-electron chi connectivity index (χ2n) is 5.66. The van der Waals surface area contributed by atoms with Crippen LogP contribution in [0, 0.1) is 19.8 Å². The Bertz CT molecular complexity index is 651. The Labute approximate surface area is 113 Å². The average Bonchev–Trinajstić information content (AvgIpc) is 2.70. The highest BCUT2D eigenvalue weighted by Gasteiger charge is 2.49. The number of fused-ring (bicyclic) bond motifs is 1. The molecule has 2 unspecified atom stereocenters.